The number of piperazine rings is 1. The van der Waals surface area contributed by atoms with Gasteiger partial charge < -0.3 is 10.2 Å². The minimum Gasteiger partial charge on any atom is -0.311 e. The maximum Gasteiger partial charge on any atom is 0.0221 e. The van der Waals surface area contributed by atoms with Crippen molar-refractivity contribution in [2.75, 3.05) is 20.1 Å². The van der Waals surface area contributed by atoms with Crippen molar-refractivity contribution in [3.63, 3.8) is 0 Å². The van der Waals surface area contributed by atoms with E-state index in [1.807, 2.05) is 0 Å². The fourth-order valence-corrected chi connectivity index (χ4v) is 2.09. The summed E-state index contributed by atoms with van der Waals surface area (Å²) in [7, 11) is 2.25. The molecular formula is C11H24N2. The van der Waals surface area contributed by atoms with Gasteiger partial charge in [-0.3, -0.25) is 0 Å². The standard InChI is InChI=1S/C11H24N2/c1-5-9(3)11-8-13(4)10(6-2)7-12-11/h9-12H,5-8H2,1-4H3. The third-order valence-corrected chi connectivity index (χ3v) is 3.53. The highest BCUT2D eigenvalue weighted by molar-refractivity contribution is 4.85. The second-order valence-electron chi connectivity index (χ2n) is 4.40. The van der Waals surface area contributed by atoms with Crippen LogP contribution in [0, 0.1) is 5.92 Å². The molecule has 2 heteroatoms. The van der Waals surface area contributed by atoms with Crippen molar-refractivity contribution in [1.82, 2.24) is 10.2 Å². The minimum atomic E-state index is 0.706. The van der Waals surface area contributed by atoms with Crippen LogP contribution in [0.25, 0.3) is 0 Å². The normalized spacial score (nSPS) is 33.2. The summed E-state index contributed by atoms with van der Waals surface area (Å²) in [5.41, 5.74) is 0. The average molecular weight is 184 g/mol. The van der Waals surface area contributed by atoms with Crippen LogP contribution in [0.5, 0.6) is 0 Å². The molecule has 0 amide bonds. The van der Waals surface area contributed by atoms with Gasteiger partial charge in [-0.25, -0.2) is 0 Å². The van der Waals surface area contributed by atoms with E-state index in [1.165, 1.54) is 25.9 Å². The van der Waals surface area contributed by atoms with Gasteiger partial charge in [-0.05, 0) is 19.4 Å². The molecule has 78 valence electrons. The van der Waals surface area contributed by atoms with Gasteiger partial charge in [-0.1, -0.05) is 27.2 Å². The number of nitrogens with one attached hydrogen (secondary N) is 1. The van der Waals surface area contributed by atoms with Gasteiger partial charge in [0.25, 0.3) is 0 Å². The van der Waals surface area contributed by atoms with E-state index in [2.05, 4.69) is 38.0 Å². The Morgan fingerprint density at radius 3 is 2.62 bits per heavy atom. The van der Waals surface area contributed by atoms with E-state index in [0.717, 1.165) is 12.0 Å². The second kappa shape index (κ2) is 4.97. The summed E-state index contributed by atoms with van der Waals surface area (Å²) < 4.78 is 0. The molecule has 1 N–H and O–H groups in total. The fraction of sp³-hybridized carbons (Fsp3) is 1.00. The van der Waals surface area contributed by atoms with Gasteiger partial charge in [0.1, 0.15) is 0 Å². The zero-order chi connectivity index (χ0) is 9.84. The lowest BCUT2D eigenvalue weighted by Gasteiger charge is -2.40. The maximum absolute atomic E-state index is 3.66. The molecule has 0 radical (unpaired) electrons. The predicted octanol–water partition coefficient (Wildman–Crippen LogP) is 1.71. The second-order valence-corrected chi connectivity index (χ2v) is 4.40. The van der Waals surface area contributed by atoms with Crippen molar-refractivity contribution in [2.45, 2.75) is 45.7 Å². The van der Waals surface area contributed by atoms with Crippen LogP contribution in [-0.2, 0) is 0 Å². The van der Waals surface area contributed by atoms with E-state index in [9.17, 15) is 0 Å². The van der Waals surface area contributed by atoms with Crippen molar-refractivity contribution in [2.24, 2.45) is 5.92 Å². The van der Waals surface area contributed by atoms with Gasteiger partial charge in [-0.15, -0.1) is 0 Å². The van der Waals surface area contributed by atoms with Gasteiger partial charge in [0, 0.05) is 25.2 Å². The Balaban J connectivity index is 2.40. The average Bonchev–Trinajstić information content (AvgIpc) is 2.16. The van der Waals surface area contributed by atoms with Crippen LogP contribution in [0.4, 0.5) is 0 Å². The third-order valence-electron chi connectivity index (χ3n) is 3.53. The Bertz CT molecular complexity index is 147. The van der Waals surface area contributed by atoms with E-state index < -0.39 is 0 Å². The first-order chi connectivity index (χ1) is 6.19. The van der Waals surface area contributed by atoms with Crippen molar-refractivity contribution in [3.05, 3.63) is 0 Å². The van der Waals surface area contributed by atoms with E-state index in [-0.39, 0.29) is 0 Å². The summed E-state index contributed by atoms with van der Waals surface area (Å²) >= 11 is 0. The lowest BCUT2D eigenvalue weighted by atomic mass is 9.95. The summed E-state index contributed by atoms with van der Waals surface area (Å²) in [6.45, 7) is 9.28. The van der Waals surface area contributed by atoms with E-state index in [0.29, 0.717) is 6.04 Å². The van der Waals surface area contributed by atoms with Crippen LogP contribution in [0.1, 0.15) is 33.6 Å². The number of nitrogens with zero attached hydrogens (tertiary/aromatic N) is 1. The molecule has 3 unspecified atom stereocenters. The molecule has 1 fully saturated rings. The van der Waals surface area contributed by atoms with E-state index >= 15 is 0 Å². The Labute approximate surface area is 82.7 Å². The highest BCUT2D eigenvalue weighted by atomic mass is 15.2. The Kier molecular flexibility index (Phi) is 4.20. The first-order valence-electron chi connectivity index (χ1n) is 5.62. The molecule has 0 aromatic rings. The van der Waals surface area contributed by atoms with Crippen LogP contribution in [0.15, 0.2) is 0 Å². The Morgan fingerprint density at radius 2 is 2.15 bits per heavy atom. The summed E-state index contributed by atoms with van der Waals surface area (Å²) in [6.07, 6.45) is 2.54. The molecule has 0 aliphatic carbocycles. The van der Waals surface area contributed by atoms with Gasteiger partial charge in [-0.2, -0.15) is 0 Å². The topological polar surface area (TPSA) is 15.3 Å². The smallest absolute Gasteiger partial charge is 0.0221 e. The maximum atomic E-state index is 3.66. The van der Waals surface area contributed by atoms with Gasteiger partial charge >= 0.3 is 0 Å². The molecule has 0 bridgehead atoms. The van der Waals surface area contributed by atoms with Crippen LogP contribution in [-0.4, -0.2) is 37.1 Å². The van der Waals surface area contributed by atoms with Gasteiger partial charge in [0.15, 0.2) is 0 Å². The molecule has 0 aromatic heterocycles. The lowest BCUT2D eigenvalue weighted by Crippen LogP contribution is -2.56. The van der Waals surface area contributed by atoms with Crippen LogP contribution in [0.2, 0.25) is 0 Å². The summed E-state index contributed by atoms with van der Waals surface area (Å²) in [5, 5.41) is 3.66. The van der Waals surface area contributed by atoms with Crippen molar-refractivity contribution in [3.8, 4) is 0 Å². The third kappa shape index (κ3) is 2.68. The van der Waals surface area contributed by atoms with Crippen LogP contribution >= 0.6 is 0 Å². The minimum absolute atomic E-state index is 0.706. The molecule has 1 saturated heterocycles. The fourth-order valence-electron chi connectivity index (χ4n) is 2.09. The first-order valence-corrected chi connectivity index (χ1v) is 5.62. The molecule has 1 rings (SSSR count). The van der Waals surface area contributed by atoms with Crippen molar-refractivity contribution < 1.29 is 0 Å². The van der Waals surface area contributed by atoms with Crippen molar-refractivity contribution in [1.29, 1.82) is 0 Å². The quantitative estimate of drug-likeness (QED) is 0.718. The molecule has 1 aliphatic heterocycles. The molecule has 1 heterocycles. The number of hydrogen-bond acceptors (Lipinski definition) is 2. The van der Waals surface area contributed by atoms with Gasteiger partial charge in [0.05, 0.1) is 0 Å². The molecule has 0 spiro atoms. The van der Waals surface area contributed by atoms with Crippen LogP contribution in [0.3, 0.4) is 0 Å². The molecular weight excluding hydrogens is 160 g/mol. The molecule has 3 atom stereocenters. The zero-order valence-corrected chi connectivity index (χ0v) is 9.51. The zero-order valence-electron chi connectivity index (χ0n) is 9.51. The monoisotopic (exact) mass is 184 g/mol. The number of rotatable bonds is 3. The predicted molar refractivity (Wildman–Crippen MR) is 58.0 cm³/mol. The molecule has 0 saturated carbocycles. The molecule has 1 aliphatic rings. The number of likely N-dealkylation sites (N-methyl/N-ethyl adjacent to an activating group) is 1. The highest BCUT2D eigenvalue weighted by Crippen LogP contribution is 2.15. The SMILES string of the molecule is CCC(C)C1CN(C)C(CC)CN1. The highest BCUT2D eigenvalue weighted by Gasteiger charge is 2.26. The summed E-state index contributed by atoms with van der Waals surface area (Å²) in [4.78, 5) is 2.51. The van der Waals surface area contributed by atoms with Gasteiger partial charge in [0.2, 0.25) is 0 Å². The van der Waals surface area contributed by atoms with Crippen molar-refractivity contribution >= 4 is 0 Å². The summed E-state index contributed by atoms with van der Waals surface area (Å²) in [5.74, 6) is 0.806. The van der Waals surface area contributed by atoms with Crippen LogP contribution < -0.4 is 5.32 Å². The molecule has 2 nitrogen and oxygen atoms in total. The van der Waals surface area contributed by atoms with E-state index in [4.69, 9.17) is 0 Å². The Morgan fingerprint density at radius 1 is 1.46 bits per heavy atom. The lowest BCUT2D eigenvalue weighted by molar-refractivity contribution is 0.134. The first kappa shape index (κ1) is 11.0. The largest absolute Gasteiger partial charge is 0.311 e. The Hall–Kier alpha value is -0.0800. The molecule has 13 heavy (non-hydrogen) atoms. The molecule has 0 aromatic carbocycles. The number of hydrogen-bond donors (Lipinski definition) is 1. The summed E-state index contributed by atoms with van der Waals surface area (Å²) in [6, 6.07) is 1.46. The van der Waals surface area contributed by atoms with E-state index in [1.54, 1.807) is 0 Å².